The molecule has 0 aromatic heterocycles. The highest BCUT2D eigenvalue weighted by atomic mass is 16.5. The number of hydrogen-bond donors (Lipinski definition) is 1. The molecule has 114 valence electrons. The molecule has 1 N–H and O–H groups in total. The molecule has 2 rings (SSSR count). The van der Waals surface area contributed by atoms with Gasteiger partial charge in [0, 0.05) is 32.2 Å². The Morgan fingerprint density at radius 3 is 2.38 bits per heavy atom. The van der Waals surface area contributed by atoms with Crippen LogP contribution in [0, 0.1) is 11.3 Å². The standard InChI is InChI=1S/C17H25N3O/c1-17(2,3)21-15-6-4-14(5-7-15)16(8-9-18)20-12-10-19-11-13-20/h4-7,16,19H,8,10-13H2,1-3H3/t16-/m1/s1. The van der Waals surface area contributed by atoms with Crippen LogP contribution in [0.4, 0.5) is 0 Å². The predicted molar refractivity (Wildman–Crippen MR) is 84.2 cm³/mol. The maximum atomic E-state index is 9.12. The van der Waals surface area contributed by atoms with Gasteiger partial charge in [0.25, 0.3) is 0 Å². The lowest BCUT2D eigenvalue weighted by molar-refractivity contribution is 0.130. The molecule has 0 unspecified atom stereocenters. The van der Waals surface area contributed by atoms with E-state index >= 15 is 0 Å². The summed E-state index contributed by atoms with van der Waals surface area (Å²) >= 11 is 0. The van der Waals surface area contributed by atoms with E-state index in [4.69, 9.17) is 10.00 Å². The van der Waals surface area contributed by atoms with Crippen LogP contribution in [-0.2, 0) is 0 Å². The van der Waals surface area contributed by atoms with E-state index in [0.29, 0.717) is 6.42 Å². The monoisotopic (exact) mass is 287 g/mol. The fraction of sp³-hybridized carbons (Fsp3) is 0.588. The second kappa shape index (κ2) is 6.93. The predicted octanol–water partition coefficient (Wildman–Crippen LogP) is 2.72. The average molecular weight is 287 g/mol. The average Bonchev–Trinajstić information content (AvgIpc) is 2.45. The topological polar surface area (TPSA) is 48.3 Å². The molecule has 1 aliphatic heterocycles. The van der Waals surface area contributed by atoms with Crippen LogP contribution in [0.2, 0.25) is 0 Å². The van der Waals surface area contributed by atoms with E-state index in [1.54, 1.807) is 0 Å². The lowest BCUT2D eigenvalue weighted by atomic mass is 10.0. The first-order valence-electron chi connectivity index (χ1n) is 7.60. The first-order valence-corrected chi connectivity index (χ1v) is 7.60. The van der Waals surface area contributed by atoms with Crippen LogP contribution in [0.25, 0.3) is 0 Å². The Morgan fingerprint density at radius 1 is 1.24 bits per heavy atom. The van der Waals surface area contributed by atoms with E-state index in [-0.39, 0.29) is 11.6 Å². The molecule has 4 heteroatoms. The number of nitriles is 1. The van der Waals surface area contributed by atoms with Crippen molar-refractivity contribution >= 4 is 0 Å². The molecule has 0 amide bonds. The first-order chi connectivity index (χ1) is 9.99. The Bertz CT molecular complexity index is 478. The van der Waals surface area contributed by atoms with Gasteiger partial charge in [-0.05, 0) is 38.5 Å². The highest BCUT2D eigenvalue weighted by Crippen LogP contribution is 2.27. The van der Waals surface area contributed by atoms with Gasteiger partial charge in [-0.25, -0.2) is 0 Å². The molecule has 1 aromatic carbocycles. The quantitative estimate of drug-likeness (QED) is 0.925. The van der Waals surface area contributed by atoms with Crippen molar-refractivity contribution in [1.82, 2.24) is 10.2 Å². The Hall–Kier alpha value is -1.57. The number of benzene rings is 1. The van der Waals surface area contributed by atoms with Gasteiger partial charge in [0.2, 0.25) is 0 Å². The maximum Gasteiger partial charge on any atom is 0.120 e. The number of nitrogens with zero attached hydrogens (tertiary/aromatic N) is 2. The summed E-state index contributed by atoms with van der Waals surface area (Å²) in [6.07, 6.45) is 0.527. The summed E-state index contributed by atoms with van der Waals surface area (Å²) in [7, 11) is 0. The second-order valence-corrected chi connectivity index (χ2v) is 6.45. The first kappa shape index (κ1) is 15.8. The highest BCUT2D eigenvalue weighted by molar-refractivity contribution is 5.30. The van der Waals surface area contributed by atoms with Gasteiger partial charge in [-0.1, -0.05) is 12.1 Å². The molecule has 0 aliphatic carbocycles. The van der Waals surface area contributed by atoms with Crippen molar-refractivity contribution < 1.29 is 4.74 Å². The number of hydrogen-bond acceptors (Lipinski definition) is 4. The summed E-state index contributed by atoms with van der Waals surface area (Å²) in [5.41, 5.74) is 1.01. The van der Waals surface area contributed by atoms with Crippen molar-refractivity contribution in [1.29, 1.82) is 5.26 Å². The van der Waals surface area contributed by atoms with Crippen LogP contribution < -0.4 is 10.1 Å². The van der Waals surface area contributed by atoms with Gasteiger partial charge >= 0.3 is 0 Å². The number of rotatable bonds is 4. The number of nitrogens with one attached hydrogen (secondary N) is 1. The van der Waals surface area contributed by atoms with Crippen molar-refractivity contribution in [2.75, 3.05) is 26.2 Å². The minimum atomic E-state index is -0.188. The van der Waals surface area contributed by atoms with Gasteiger partial charge in [-0.2, -0.15) is 5.26 Å². The summed E-state index contributed by atoms with van der Waals surface area (Å²) in [5, 5.41) is 12.5. The van der Waals surface area contributed by atoms with Gasteiger partial charge in [0.1, 0.15) is 11.4 Å². The van der Waals surface area contributed by atoms with Crippen molar-refractivity contribution in [2.45, 2.75) is 38.8 Å². The Balaban J connectivity index is 2.11. The molecular weight excluding hydrogens is 262 g/mol. The normalized spacial score (nSPS) is 18.0. The van der Waals surface area contributed by atoms with Crippen LogP contribution in [-0.4, -0.2) is 36.7 Å². The van der Waals surface area contributed by atoms with E-state index < -0.39 is 0 Å². The number of piperazine rings is 1. The molecule has 21 heavy (non-hydrogen) atoms. The van der Waals surface area contributed by atoms with Crippen LogP contribution in [0.1, 0.15) is 38.8 Å². The molecule has 0 bridgehead atoms. The largest absolute Gasteiger partial charge is 0.488 e. The fourth-order valence-corrected chi connectivity index (χ4v) is 2.65. The molecule has 4 nitrogen and oxygen atoms in total. The Morgan fingerprint density at radius 2 is 1.86 bits per heavy atom. The smallest absolute Gasteiger partial charge is 0.120 e. The zero-order chi connectivity index (χ0) is 15.3. The Labute approximate surface area is 127 Å². The van der Waals surface area contributed by atoms with Crippen LogP contribution in [0.15, 0.2) is 24.3 Å². The molecule has 1 fully saturated rings. The van der Waals surface area contributed by atoms with E-state index in [1.165, 1.54) is 5.56 Å². The Kier molecular flexibility index (Phi) is 5.22. The van der Waals surface area contributed by atoms with Crippen LogP contribution >= 0.6 is 0 Å². The summed E-state index contributed by atoms with van der Waals surface area (Å²) < 4.78 is 5.85. The molecule has 1 saturated heterocycles. The van der Waals surface area contributed by atoms with Gasteiger partial charge in [0.05, 0.1) is 12.5 Å². The lowest BCUT2D eigenvalue weighted by Crippen LogP contribution is -2.45. The second-order valence-electron chi connectivity index (χ2n) is 6.45. The molecule has 1 atom stereocenters. The maximum absolute atomic E-state index is 9.12. The zero-order valence-corrected chi connectivity index (χ0v) is 13.2. The molecule has 1 aromatic rings. The van der Waals surface area contributed by atoms with Gasteiger partial charge in [-0.15, -0.1) is 0 Å². The van der Waals surface area contributed by atoms with E-state index in [1.807, 2.05) is 32.9 Å². The minimum Gasteiger partial charge on any atom is -0.488 e. The third kappa shape index (κ3) is 4.73. The SMILES string of the molecule is CC(C)(C)Oc1ccc([C@@H](CC#N)N2CCNCC2)cc1. The lowest BCUT2D eigenvalue weighted by Gasteiger charge is -2.34. The molecular formula is C17H25N3O. The van der Waals surface area contributed by atoms with Gasteiger partial charge in [0.15, 0.2) is 0 Å². The summed E-state index contributed by atoms with van der Waals surface area (Å²) in [6.45, 7) is 10.1. The van der Waals surface area contributed by atoms with Crippen molar-refractivity contribution in [3.8, 4) is 11.8 Å². The van der Waals surface area contributed by atoms with Gasteiger partial charge in [-0.3, -0.25) is 4.90 Å². The van der Waals surface area contributed by atoms with E-state index in [2.05, 4.69) is 28.4 Å². The van der Waals surface area contributed by atoms with Crippen molar-refractivity contribution in [3.05, 3.63) is 29.8 Å². The van der Waals surface area contributed by atoms with Crippen molar-refractivity contribution in [2.24, 2.45) is 0 Å². The highest BCUT2D eigenvalue weighted by Gasteiger charge is 2.22. The summed E-state index contributed by atoms with van der Waals surface area (Å²) in [5.74, 6) is 0.877. The molecule has 0 saturated carbocycles. The third-order valence-corrected chi connectivity index (χ3v) is 3.57. The molecule has 1 aliphatic rings. The van der Waals surface area contributed by atoms with Crippen LogP contribution in [0.5, 0.6) is 5.75 Å². The summed E-state index contributed by atoms with van der Waals surface area (Å²) in [4.78, 5) is 2.39. The van der Waals surface area contributed by atoms with E-state index in [0.717, 1.165) is 31.9 Å². The third-order valence-electron chi connectivity index (χ3n) is 3.57. The van der Waals surface area contributed by atoms with Crippen molar-refractivity contribution in [3.63, 3.8) is 0 Å². The minimum absolute atomic E-state index is 0.181. The van der Waals surface area contributed by atoms with Crippen LogP contribution in [0.3, 0.4) is 0 Å². The number of ether oxygens (including phenoxy) is 1. The fourth-order valence-electron chi connectivity index (χ4n) is 2.65. The molecule has 0 spiro atoms. The molecule has 1 heterocycles. The van der Waals surface area contributed by atoms with Gasteiger partial charge < -0.3 is 10.1 Å². The zero-order valence-electron chi connectivity index (χ0n) is 13.2. The molecule has 0 radical (unpaired) electrons. The summed E-state index contributed by atoms with van der Waals surface area (Å²) in [6, 6.07) is 10.7. The van der Waals surface area contributed by atoms with E-state index in [9.17, 15) is 0 Å².